The van der Waals surface area contributed by atoms with Crippen molar-refractivity contribution in [3.05, 3.63) is 63.1 Å². The van der Waals surface area contributed by atoms with Gasteiger partial charge in [0.25, 0.3) is 5.56 Å². The number of carbonyl (C=O) groups is 1. The molecule has 4 heterocycles. The molecule has 1 unspecified atom stereocenters. The van der Waals surface area contributed by atoms with Crippen LogP contribution in [-0.4, -0.2) is 27.3 Å². The van der Waals surface area contributed by atoms with Gasteiger partial charge in [0, 0.05) is 34.6 Å². The molecule has 0 bridgehead atoms. The van der Waals surface area contributed by atoms with Crippen LogP contribution in [0.15, 0.2) is 57.1 Å². The lowest BCUT2D eigenvalue weighted by atomic mass is 10.1. The number of thioether (sulfide) groups is 1. The molecule has 1 aromatic carbocycles. The molecule has 0 aliphatic carbocycles. The predicted molar refractivity (Wildman–Crippen MR) is 126 cm³/mol. The molecule has 4 aromatic rings. The highest BCUT2D eigenvalue weighted by molar-refractivity contribution is 7.99. The number of benzene rings is 1. The van der Waals surface area contributed by atoms with Gasteiger partial charge in [0.15, 0.2) is 5.16 Å². The van der Waals surface area contributed by atoms with Crippen molar-refractivity contribution in [2.75, 3.05) is 10.7 Å². The fraction of sp³-hybridized carbons (Fsp3) is 0.227. The Bertz CT molecular complexity index is 1310. The van der Waals surface area contributed by atoms with Crippen molar-refractivity contribution in [1.29, 1.82) is 0 Å². The monoisotopic (exact) mass is 453 g/mol. The van der Waals surface area contributed by atoms with E-state index >= 15 is 0 Å². The van der Waals surface area contributed by atoms with Gasteiger partial charge in [-0.05, 0) is 36.4 Å². The highest BCUT2D eigenvalue weighted by Gasteiger charge is 2.30. The Hall–Kier alpha value is -2.42. The van der Waals surface area contributed by atoms with E-state index in [9.17, 15) is 9.59 Å². The SMILES string of the molecule is CC1Cc2ccccc2N1C(=O)CSc1nc2scc(-c3cccs3)c2c(=O)n1C. The summed E-state index contributed by atoms with van der Waals surface area (Å²) in [5, 5.41) is 5.22. The Kier molecular flexibility index (Phi) is 5.00. The van der Waals surface area contributed by atoms with Gasteiger partial charge in [0.2, 0.25) is 5.91 Å². The average Bonchev–Trinajstić information content (AvgIpc) is 3.46. The lowest BCUT2D eigenvalue weighted by Crippen LogP contribution is -2.37. The van der Waals surface area contributed by atoms with Gasteiger partial charge in [-0.25, -0.2) is 4.98 Å². The van der Waals surface area contributed by atoms with E-state index in [0.717, 1.165) is 27.4 Å². The second-order valence-corrected chi connectivity index (χ2v) is 10.0. The molecule has 152 valence electrons. The fourth-order valence-electron chi connectivity index (χ4n) is 3.94. The number of thiophene rings is 2. The van der Waals surface area contributed by atoms with E-state index in [4.69, 9.17) is 4.98 Å². The molecule has 3 aromatic heterocycles. The van der Waals surface area contributed by atoms with E-state index < -0.39 is 0 Å². The highest BCUT2D eigenvalue weighted by Crippen LogP contribution is 2.35. The smallest absolute Gasteiger partial charge is 0.263 e. The topological polar surface area (TPSA) is 55.2 Å². The predicted octanol–water partition coefficient (Wildman–Crippen LogP) is 4.79. The number of carbonyl (C=O) groups excluding carboxylic acids is 1. The number of amides is 1. The molecule has 0 radical (unpaired) electrons. The Balaban J connectivity index is 1.42. The summed E-state index contributed by atoms with van der Waals surface area (Å²) in [6.07, 6.45) is 0.871. The third-order valence-corrected chi connectivity index (χ3v) is 8.15. The molecular weight excluding hydrogens is 434 g/mol. The lowest BCUT2D eigenvalue weighted by molar-refractivity contribution is -0.116. The minimum atomic E-state index is -0.0699. The molecule has 8 heteroatoms. The molecule has 0 fully saturated rings. The van der Waals surface area contributed by atoms with Crippen LogP contribution in [0.4, 0.5) is 5.69 Å². The van der Waals surface area contributed by atoms with Crippen LogP contribution >= 0.6 is 34.4 Å². The summed E-state index contributed by atoms with van der Waals surface area (Å²) in [7, 11) is 1.73. The van der Waals surface area contributed by atoms with Gasteiger partial charge in [0.1, 0.15) is 4.83 Å². The van der Waals surface area contributed by atoms with Gasteiger partial charge in [-0.2, -0.15) is 0 Å². The molecule has 5 rings (SSSR count). The van der Waals surface area contributed by atoms with E-state index in [1.807, 2.05) is 46.0 Å². The van der Waals surface area contributed by atoms with Gasteiger partial charge in [-0.1, -0.05) is 36.0 Å². The second kappa shape index (κ2) is 7.68. The molecule has 1 amide bonds. The van der Waals surface area contributed by atoms with E-state index in [0.29, 0.717) is 10.5 Å². The van der Waals surface area contributed by atoms with Crippen LogP contribution in [0.1, 0.15) is 12.5 Å². The van der Waals surface area contributed by atoms with Crippen LogP contribution in [0.5, 0.6) is 0 Å². The number of fused-ring (bicyclic) bond motifs is 2. The third kappa shape index (κ3) is 3.19. The Morgan fingerprint density at radius 1 is 1.23 bits per heavy atom. The minimum absolute atomic E-state index is 0.0391. The van der Waals surface area contributed by atoms with E-state index in [1.54, 1.807) is 23.0 Å². The highest BCUT2D eigenvalue weighted by atomic mass is 32.2. The fourth-order valence-corrected chi connectivity index (χ4v) is 6.57. The van der Waals surface area contributed by atoms with Crippen molar-refractivity contribution >= 4 is 56.2 Å². The maximum absolute atomic E-state index is 13.1. The van der Waals surface area contributed by atoms with Crippen molar-refractivity contribution in [3.63, 3.8) is 0 Å². The van der Waals surface area contributed by atoms with Gasteiger partial charge < -0.3 is 4.90 Å². The first-order valence-corrected chi connectivity index (χ1v) is 12.3. The number of rotatable bonds is 4. The zero-order valence-corrected chi connectivity index (χ0v) is 18.9. The maximum Gasteiger partial charge on any atom is 0.263 e. The van der Waals surface area contributed by atoms with Crippen molar-refractivity contribution < 1.29 is 4.79 Å². The maximum atomic E-state index is 13.1. The second-order valence-electron chi connectivity index (χ2n) is 7.30. The van der Waals surface area contributed by atoms with Crippen LogP contribution in [0.25, 0.3) is 20.7 Å². The Morgan fingerprint density at radius 2 is 2.07 bits per heavy atom. The standard InChI is InChI=1S/C22H19N3O2S3/c1-13-10-14-6-3-4-7-16(14)25(13)18(26)12-30-22-23-20-19(21(27)24(22)2)15(11-29-20)17-8-5-9-28-17/h3-9,11,13H,10,12H2,1-2H3. The number of hydrogen-bond acceptors (Lipinski definition) is 6. The minimum Gasteiger partial charge on any atom is -0.308 e. The number of hydrogen-bond donors (Lipinski definition) is 0. The van der Waals surface area contributed by atoms with Crippen LogP contribution in [0, 0.1) is 0 Å². The van der Waals surface area contributed by atoms with Crippen LogP contribution in [0.3, 0.4) is 0 Å². The first kappa shape index (κ1) is 19.5. The zero-order chi connectivity index (χ0) is 20.8. The summed E-state index contributed by atoms with van der Waals surface area (Å²) in [5.41, 5.74) is 3.06. The summed E-state index contributed by atoms with van der Waals surface area (Å²) in [6.45, 7) is 2.07. The summed E-state index contributed by atoms with van der Waals surface area (Å²) < 4.78 is 1.56. The summed E-state index contributed by atoms with van der Waals surface area (Å²) >= 11 is 4.41. The molecule has 0 saturated heterocycles. The first-order chi connectivity index (χ1) is 14.5. The molecule has 1 aliphatic heterocycles. The van der Waals surface area contributed by atoms with Gasteiger partial charge in [-0.3, -0.25) is 14.2 Å². The van der Waals surface area contributed by atoms with Crippen molar-refractivity contribution in [3.8, 4) is 10.4 Å². The number of para-hydroxylation sites is 1. The summed E-state index contributed by atoms with van der Waals surface area (Å²) in [5.74, 6) is 0.283. The van der Waals surface area contributed by atoms with Gasteiger partial charge in [-0.15, -0.1) is 22.7 Å². The van der Waals surface area contributed by atoms with Crippen molar-refractivity contribution in [1.82, 2.24) is 9.55 Å². The normalized spacial score (nSPS) is 15.7. The molecule has 0 saturated carbocycles. The average molecular weight is 454 g/mol. The van der Waals surface area contributed by atoms with Crippen LogP contribution in [0.2, 0.25) is 0 Å². The summed E-state index contributed by atoms with van der Waals surface area (Å²) in [4.78, 5) is 34.4. The van der Waals surface area contributed by atoms with Crippen molar-refractivity contribution in [2.45, 2.75) is 24.5 Å². The molecule has 5 nitrogen and oxygen atoms in total. The third-order valence-electron chi connectivity index (χ3n) is 5.36. The Morgan fingerprint density at radius 3 is 2.87 bits per heavy atom. The molecule has 0 N–H and O–H groups in total. The molecule has 0 spiro atoms. The zero-order valence-electron chi connectivity index (χ0n) is 16.5. The van der Waals surface area contributed by atoms with E-state index in [-0.39, 0.29) is 23.3 Å². The molecule has 30 heavy (non-hydrogen) atoms. The number of anilines is 1. The Labute approximate surface area is 186 Å². The number of aromatic nitrogens is 2. The van der Waals surface area contributed by atoms with E-state index in [2.05, 4.69) is 13.0 Å². The van der Waals surface area contributed by atoms with Crippen LogP contribution < -0.4 is 10.5 Å². The van der Waals surface area contributed by atoms with E-state index in [1.165, 1.54) is 28.7 Å². The van der Waals surface area contributed by atoms with Gasteiger partial charge >= 0.3 is 0 Å². The summed E-state index contributed by atoms with van der Waals surface area (Å²) in [6, 6.07) is 12.2. The largest absolute Gasteiger partial charge is 0.308 e. The number of nitrogens with zero attached hydrogens (tertiary/aromatic N) is 3. The quantitative estimate of drug-likeness (QED) is 0.329. The lowest BCUT2D eigenvalue weighted by Gasteiger charge is -2.22. The van der Waals surface area contributed by atoms with Gasteiger partial charge in [0.05, 0.1) is 11.1 Å². The molecule has 1 aliphatic rings. The van der Waals surface area contributed by atoms with Crippen LogP contribution in [-0.2, 0) is 18.3 Å². The van der Waals surface area contributed by atoms with Crippen molar-refractivity contribution in [2.24, 2.45) is 7.05 Å². The molecular formula is C22H19N3O2S3. The molecule has 1 atom stereocenters. The first-order valence-electron chi connectivity index (χ1n) is 9.59.